The van der Waals surface area contributed by atoms with Crippen molar-refractivity contribution in [3.63, 3.8) is 0 Å². The Hall–Kier alpha value is -1.84. The summed E-state index contributed by atoms with van der Waals surface area (Å²) in [6, 6.07) is 1.21. The van der Waals surface area contributed by atoms with Crippen LogP contribution in [0.15, 0.2) is 34.5 Å². The van der Waals surface area contributed by atoms with E-state index in [9.17, 15) is 14.4 Å². The van der Waals surface area contributed by atoms with E-state index in [-0.39, 0.29) is 28.8 Å². The van der Waals surface area contributed by atoms with E-state index in [0.717, 1.165) is 4.57 Å². The van der Waals surface area contributed by atoms with Crippen molar-refractivity contribution < 1.29 is 27.2 Å². The summed E-state index contributed by atoms with van der Waals surface area (Å²) in [4.78, 5) is 41.1. The van der Waals surface area contributed by atoms with Gasteiger partial charge < -0.3 is 22.4 Å². The number of hydrogen-bond donors (Lipinski definition) is 1. The van der Waals surface area contributed by atoms with E-state index >= 15 is 0 Å². The third-order valence-electron chi connectivity index (χ3n) is 8.31. The van der Waals surface area contributed by atoms with E-state index in [1.165, 1.54) is 12.3 Å². The average Bonchev–Trinajstić information content (AvgIpc) is 3.10. The number of nitrogens with zero attached hydrogens (tertiary/aromatic N) is 1. The highest BCUT2D eigenvalue weighted by molar-refractivity contribution is 6.84. The van der Waals surface area contributed by atoms with Gasteiger partial charge in [0.15, 0.2) is 0 Å². The molecule has 0 aromatic carbocycles. The molecule has 10 nitrogen and oxygen atoms in total. The molecule has 0 amide bonds. The van der Waals surface area contributed by atoms with Crippen LogP contribution >= 0.6 is 0 Å². The predicted octanol–water partition coefficient (Wildman–Crippen LogP) is 5.28. The summed E-state index contributed by atoms with van der Waals surface area (Å²) >= 11 is 0. The first-order valence-electron chi connectivity index (χ1n) is 14.7. The molecule has 2 aliphatic heterocycles. The summed E-state index contributed by atoms with van der Waals surface area (Å²) < 4.78 is 35.6. The zero-order valence-electron chi connectivity index (χ0n) is 26.6. The number of aromatic nitrogens is 2. The molecule has 3 rings (SSSR count). The van der Waals surface area contributed by atoms with Gasteiger partial charge in [-0.3, -0.25) is 14.6 Å². The fourth-order valence-corrected chi connectivity index (χ4v) is 17.3. The number of ether oxygens (including phenoxy) is 2. The number of esters is 1. The predicted molar refractivity (Wildman–Crippen MR) is 162 cm³/mol. The quantitative estimate of drug-likeness (QED) is 0.240. The minimum atomic E-state index is -3.06. The lowest BCUT2D eigenvalue weighted by Gasteiger charge is -2.51. The van der Waals surface area contributed by atoms with Crippen molar-refractivity contribution >= 4 is 23.1 Å². The molecule has 2 fully saturated rings. The van der Waals surface area contributed by atoms with Crippen molar-refractivity contribution in [1.29, 1.82) is 0 Å². The van der Waals surface area contributed by atoms with Gasteiger partial charge in [0.25, 0.3) is 5.56 Å². The summed E-state index contributed by atoms with van der Waals surface area (Å²) in [5.41, 5.74) is -1.87. The van der Waals surface area contributed by atoms with Crippen LogP contribution in [0.3, 0.4) is 0 Å². The number of fused-ring (bicyclic) bond motifs is 1. The lowest BCUT2D eigenvalue weighted by molar-refractivity contribution is -0.294. The van der Waals surface area contributed by atoms with Gasteiger partial charge in [0, 0.05) is 12.3 Å². The van der Waals surface area contributed by atoms with Crippen LogP contribution in [0.2, 0.25) is 22.2 Å². The number of aromatic amines is 1. The van der Waals surface area contributed by atoms with E-state index in [2.05, 4.69) is 67.0 Å². The summed E-state index contributed by atoms with van der Waals surface area (Å²) in [5.74, 6) is -3.18. The van der Waals surface area contributed by atoms with Crippen molar-refractivity contribution in [2.45, 2.75) is 123 Å². The molecule has 4 atom stereocenters. The van der Waals surface area contributed by atoms with Crippen LogP contribution in [-0.2, 0) is 33.1 Å². The number of nitrogens with one attached hydrogen (secondary N) is 1. The van der Waals surface area contributed by atoms with Gasteiger partial charge in [-0.15, -0.1) is 6.58 Å². The molecule has 0 spiro atoms. The first-order valence-corrected chi connectivity index (χ1v) is 18.7. The highest BCUT2D eigenvalue weighted by Gasteiger charge is 2.66. The summed E-state index contributed by atoms with van der Waals surface area (Å²) in [7, 11) is -5.94. The van der Waals surface area contributed by atoms with E-state index in [1.54, 1.807) is 26.8 Å². The number of H-pyrrole nitrogens is 1. The van der Waals surface area contributed by atoms with Gasteiger partial charge in [-0.25, -0.2) is 9.36 Å². The fourth-order valence-electron chi connectivity index (χ4n) is 6.06. The second-order valence-corrected chi connectivity index (χ2v) is 22.4. The van der Waals surface area contributed by atoms with Crippen molar-refractivity contribution in [2.24, 2.45) is 11.3 Å². The van der Waals surface area contributed by atoms with Crippen molar-refractivity contribution in [2.75, 3.05) is 6.61 Å². The molecular weight excluding hydrogens is 560 g/mol. The van der Waals surface area contributed by atoms with Gasteiger partial charge in [-0.05, 0) is 49.4 Å². The van der Waals surface area contributed by atoms with Gasteiger partial charge in [0.1, 0.15) is 6.10 Å². The lowest BCUT2D eigenvalue weighted by Crippen LogP contribution is -2.65. The first-order chi connectivity index (χ1) is 18.9. The Balaban J connectivity index is 2.33. The fraction of sp³-hybridized carbons (Fsp3) is 0.759. The van der Waals surface area contributed by atoms with Crippen LogP contribution in [0.4, 0.5) is 0 Å². The minimum absolute atomic E-state index is 0.0570. The van der Waals surface area contributed by atoms with Gasteiger partial charge in [-0.1, -0.05) is 61.5 Å². The Morgan fingerprint density at radius 2 is 1.66 bits per heavy atom. The van der Waals surface area contributed by atoms with Crippen LogP contribution in [0.1, 0.15) is 82.6 Å². The van der Waals surface area contributed by atoms with E-state index < -0.39 is 63.8 Å². The highest BCUT2D eigenvalue weighted by Crippen LogP contribution is 2.52. The topological polar surface area (TPSA) is 118 Å². The third kappa shape index (κ3) is 6.01. The first kappa shape index (κ1) is 33.7. The summed E-state index contributed by atoms with van der Waals surface area (Å²) in [5, 5.41) is 0. The van der Waals surface area contributed by atoms with Crippen LogP contribution in [0.5, 0.6) is 0 Å². The molecule has 0 bridgehead atoms. The number of hydrogen-bond acceptors (Lipinski definition) is 8. The highest BCUT2D eigenvalue weighted by atomic mass is 28.5. The minimum Gasteiger partial charge on any atom is -0.414 e. The second-order valence-electron chi connectivity index (χ2n) is 13.6. The largest absolute Gasteiger partial charge is 0.414 e. The third-order valence-corrected chi connectivity index (χ3v) is 18.6. The Bertz CT molecular complexity index is 1200. The van der Waals surface area contributed by atoms with E-state index in [1.807, 2.05) is 0 Å². The monoisotopic (exact) mass is 610 g/mol. The second kappa shape index (κ2) is 12.0. The van der Waals surface area contributed by atoms with Crippen molar-refractivity contribution in [3.8, 4) is 0 Å². The van der Waals surface area contributed by atoms with E-state index in [4.69, 9.17) is 22.4 Å². The Labute approximate surface area is 246 Å². The number of carbonyl (C=O) groups excluding carboxylic acids is 1. The van der Waals surface area contributed by atoms with Crippen LogP contribution in [0.25, 0.3) is 0 Å². The molecule has 41 heavy (non-hydrogen) atoms. The van der Waals surface area contributed by atoms with Crippen LogP contribution in [0, 0.1) is 11.3 Å². The maximum absolute atomic E-state index is 13.5. The standard InChI is InChI=1S/C29H50N2O8Si2/c1-13-14-22-25-23(17-35-40(18(2)3,19(4)5)39-41(38-25,20(6)7)21(8)9)36-29(22,37-26(33)28(10,11)12)31-16-15-24(32)30-27(31)34/h13,15-16,18-23,25H,1,14,17H2,2-12H3,(H,30,32,34)/t22-,23+,25-,29+/m0/s1. The average molecular weight is 611 g/mol. The molecule has 232 valence electrons. The SMILES string of the molecule is C=CC[C@H]1[C@@H]2O[Si](C(C)C)(C(C)C)O[Si](C(C)C)(C(C)C)OC[C@H]2O[C@]1(OC(=O)C(C)(C)C)n1ccc(=O)[nH]c1=O. The molecule has 0 saturated carbocycles. The van der Waals surface area contributed by atoms with Gasteiger partial charge in [0.2, 0.25) is 0 Å². The molecule has 1 aromatic rings. The number of rotatable bonds is 8. The summed E-state index contributed by atoms with van der Waals surface area (Å²) in [6.45, 7) is 26.3. The zero-order chi connectivity index (χ0) is 31.1. The molecule has 1 aromatic heterocycles. The molecule has 2 saturated heterocycles. The smallest absolute Gasteiger partial charge is 0.335 e. The van der Waals surface area contributed by atoms with E-state index in [0.29, 0.717) is 6.42 Å². The molecule has 12 heteroatoms. The maximum Gasteiger partial charge on any atom is 0.335 e. The summed E-state index contributed by atoms with van der Waals surface area (Å²) in [6.07, 6.45) is 1.96. The maximum atomic E-state index is 13.5. The lowest BCUT2D eigenvalue weighted by atomic mass is 9.93. The van der Waals surface area contributed by atoms with Crippen LogP contribution in [-0.4, -0.2) is 51.5 Å². The van der Waals surface area contributed by atoms with Gasteiger partial charge in [0.05, 0.1) is 24.0 Å². The van der Waals surface area contributed by atoms with Gasteiger partial charge >= 0.3 is 34.7 Å². The molecule has 0 unspecified atom stereocenters. The van der Waals surface area contributed by atoms with Crippen molar-refractivity contribution in [1.82, 2.24) is 9.55 Å². The van der Waals surface area contributed by atoms with Crippen molar-refractivity contribution in [3.05, 3.63) is 45.8 Å². The zero-order valence-corrected chi connectivity index (χ0v) is 28.6. The van der Waals surface area contributed by atoms with Crippen LogP contribution < -0.4 is 11.2 Å². The molecule has 3 heterocycles. The molecule has 1 N–H and O–H groups in total. The Morgan fingerprint density at radius 3 is 2.12 bits per heavy atom. The normalized spacial score (nSPS) is 28.0. The molecular formula is C29H50N2O8Si2. The van der Waals surface area contributed by atoms with Gasteiger partial charge in [-0.2, -0.15) is 0 Å². The molecule has 0 aliphatic carbocycles. The molecule has 2 aliphatic rings. The Morgan fingerprint density at radius 1 is 1.10 bits per heavy atom. The Kier molecular flexibility index (Phi) is 9.89. The number of allylic oxidation sites excluding steroid dienone is 1. The molecule has 0 radical (unpaired) electrons. The number of carbonyl (C=O) groups is 1.